The van der Waals surface area contributed by atoms with Crippen LogP contribution in [0.25, 0.3) is 5.57 Å². The lowest BCUT2D eigenvalue weighted by Crippen LogP contribution is -2.22. The molecule has 1 aliphatic heterocycles. The molecule has 1 heterocycles. The van der Waals surface area contributed by atoms with Crippen LogP contribution in [0.2, 0.25) is 0 Å². The maximum absolute atomic E-state index is 2.37. The highest BCUT2D eigenvalue weighted by molar-refractivity contribution is 7.99. The van der Waals surface area contributed by atoms with Crippen molar-refractivity contribution in [2.45, 2.75) is 10.8 Å². The molecule has 0 spiro atoms. The van der Waals surface area contributed by atoms with Crippen molar-refractivity contribution in [1.29, 1.82) is 0 Å². The van der Waals surface area contributed by atoms with Crippen LogP contribution in [0, 0.1) is 5.92 Å². The molecule has 0 saturated heterocycles. The highest BCUT2D eigenvalue weighted by atomic mass is 32.2. The number of benzene rings is 2. The topological polar surface area (TPSA) is 0 Å². The average molecular weight is 276 g/mol. The molecule has 0 bridgehead atoms. The van der Waals surface area contributed by atoms with E-state index in [9.17, 15) is 0 Å². The number of rotatable bonds is 1. The molecule has 0 fully saturated rings. The fraction of sp³-hybridized carbons (Fsp3) is 0.158. The van der Waals surface area contributed by atoms with E-state index in [2.05, 4.69) is 72.8 Å². The van der Waals surface area contributed by atoms with E-state index in [1.807, 2.05) is 11.8 Å². The Labute approximate surface area is 124 Å². The van der Waals surface area contributed by atoms with Gasteiger partial charge < -0.3 is 0 Å². The van der Waals surface area contributed by atoms with Gasteiger partial charge >= 0.3 is 0 Å². The molecular weight excluding hydrogens is 260 g/mol. The third-order valence-electron chi connectivity index (χ3n) is 4.23. The predicted molar refractivity (Wildman–Crippen MR) is 87.0 cm³/mol. The molecule has 0 N–H and O–H groups in total. The zero-order chi connectivity index (χ0) is 13.4. The number of hydrogen-bond donors (Lipinski definition) is 0. The Bertz CT molecular complexity index is 682. The molecule has 20 heavy (non-hydrogen) atoms. The molecule has 4 rings (SSSR count). The first kappa shape index (κ1) is 12.0. The minimum Gasteiger partial charge on any atom is -0.125 e. The smallest absolute Gasteiger partial charge is 0.0110 e. The molecule has 0 saturated carbocycles. The first-order valence-corrected chi connectivity index (χ1v) is 8.07. The molecule has 2 aliphatic rings. The van der Waals surface area contributed by atoms with Gasteiger partial charge in [-0.2, -0.15) is 0 Å². The molecule has 2 aromatic rings. The Morgan fingerprint density at radius 2 is 1.70 bits per heavy atom. The van der Waals surface area contributed by atoms with Crippen molar-refractivity contribution in [3.05, 3.63) is 84.0 Å². The van der Waals surface area contributed by atoms with Gasteiger partial charge in [0.1, 0.15) is 0 Å². The van der Waals surface area contributed by atoms with Crippen molar-refractivity contribution in [2.24, 2.45) is 5.92 Å². The number of fused-ring (bicyclic) bond motifs is 3. The standard InChI is InChI=1S/C19H16S/c1-2-7-14(8-3-1)15-10-6-11-16-17-9-4-5-12-19(17)20-13-18(15)16/h1-12,16,18H,13H2/t16-,18-/m1/s1. The van der Waals surface area contributed by atoms with Crippen LogP contribution in [0.15, 0.2) is 77.7 Å². The summed E-state index contributed by atoms with van der Waals surface area (Å²) in [6.45, 7) is 0. The van der Waals surface area contributed by atoms with Crippen molar-refractivity contribution in [2.75, 3.05) is 5.75 Å². The Morgan fingerprint density at radius 1 is 0.900 bits per heavy atom. The fourth-order valence-electron chi connectivity index (χ4n) is 3.25. The molecule has 2 atom stereocenters. The van der Waals surface area contributed by atoms with Gasteiger partial charge in [0.2, 0.25) is 0 Å². The normalized spacial score (nSPS) is 23.7. The molecular formula is C19H16S. The molecule has 1 heteroatoms. The predicted octanol–water partition coefficient (Wildman–Crippen LogP) is 5.15. The molecule has 0 unspecified atom stereocenters. The Balaban J connectivity index is 1.77. The summed E-state index contributed by atoms with van der Waals surface area (Å²) in [6.07, 6.45) is 6.90. The molecule has 2 aromatic carbocycles. The average Bonchev–Trinajstić information content (AvgIpc) is 2.55. The molecule has 1 aliphatic carbocycles. The van der Waals surface area contributed by atoms with Gasteiger partial charge in [-0.1, -0.05) is 66.8 Å². The summed E-state index contributed by atoms with van der Waals surface area (Å²) >= 11 is 2.00. The van der Waals surface area contributed by atoms with Crippen molar-refractivity contribution >= 4 is 17.3 Å². The second-order valence-electron chi connectivity index (χ2n) is 5.35. The second-order valence-corrected chi connectivity index (χ2v) is 6.42. The van der Waals surface area contributed by atoms with Gasteiger partial charge in [0.05, 0.1) is 0 Å². The van der Waals surface area contributed by atoms with Crippen molar-refractivity contribution in [3.63, 3.8) is 0 Å². The van der Waals surface area contributed by atoms with E-state index in [1.54, 1.807) is 0 Å². The van der Waals surface area contributed by atoms with E-state index in [1.165, 1.54) is 27.3 Å². The van der Waals surface area contributed by atoms with E-state index in [0.29, 0.717) is 11.8 Å². The minimum atomic E-state index is 0.535. The van der Waals surface area contributed by atoms with Gasteiger partial charge in [-0.3, -0.25) is 0 Å². The van der Waals surface area contributed by atoms with Crippen molar-refractivity contribution in [3.8, 4) is 0 Å². The number of hydrogen-bond acceptors (Lipinski definition) is 1. The minimum absolute atomic E-state index is 0.535. The van der Waals surface area contributed by atoms with E-state index < -0.39 is 0 Å². The fourth-order valence-corrected chi connectivity index (χ4v) is 4.54. The summed E-state index contributed by atoms with van der Waals surface area (Å²) in [5.74, 6) is 2.31. The number of allylic oxidation sites excluding steroid dienone is 4. The zero-order valence-corrected chi connectivity index (χ0v) is 12.0. The monoisotopic (exact) mass is 276 g/mol. The van der Waals surface area contributed by atoms with Crippen LogP contribution >= 0.6 is 11.8 Å². The summed E-state index contributed by atoms with van der Waals surface area (Å²) in [5.41, 5.74) is 4.35. The lowest BCUT2D eigenvalue weighted by atomic mass is 9.76. The molecule has 0 amide bonds. The van der Waals surface area contributed by atoms with Crippen LogP contribution < -0.4 is 0 Å². The summed E-state index contributed by atoms with van der Waals surface area (Å²) in [5, 5.41) is 0. The third kappa shape index (κ3) is 1.94. The first-order chi connectivity index (χ1) is 9.93. The maximum Gasteiger partial charge on any atom is 0.0110 e. The van der Waals surface area contributed by atoms with Gasteiger partial charge in [-0.15, -0.1) is 11.8 Å². The van der Waals surface area contributed by atoms with Crippen LogP contribution in [0.3, 0.4) is 0 Å². The lowest BCUT2D eigenvalue weighted by molar-refractivity contribution is 0.642. The Hall–Kier alpha value is -1.73. The summed E-state index contributed by atoms with van der Waals surface area (Å²) in [7, 11) is 0. The van der Waals surface area contributed by atoms with Crippen molar-refractivity contribution in [1.82, 2.24) is 0 Å². The van der Waals surface area contributed by atoms with Gasteiger partial charge in [-0.25, -0.2) is 0 Å². The Kier molecular flexibility index (Phi) is 3.00. The van der Waals surface area contributed by atoms with Gasteiger partial charge in [0.25, 0.3) is 0 Å². The zero-order valence-electron chi connectivity index (χ0n) is 11.2. The lowest BCUT2D eigenvalue weighted by Gasteiger charge is -2.35. The highest BCUT2D eigenvalue weighted by Gasteiger charge is 2.32. The van der Waals surface area contributed by atoms with Crippen LogP contribution in [0.1, 0.15) is 17.0 Å². The van der Waals surface area contributed by atoms with E-state index in [4.69, 9.17) is 0 Å². The molecule has 0 nitrogen and oxygen atoms in total. The van der Waals surface area contributed by atoms with E-state index >= 15 is 0 Å². The van der Waals surface area contributed by atoms with Gasteiger partial charge in [0, 0.05) is 22.5 Å². The van der Waals surface area contributed by atoms with E-state index in [0.717, 1.165) is 0 Å². The summed E-state index contributed by atoms with van der Waals surface area (Å²) in [6, 6.07) is 19.7. The summed E-state index contributed by atoms with van der Waals surface area (Å²) < 4.78 is 0. The third-order valence-corrected chi connectivity index (χ3v) is 5.44. The molecule has 98 valence electrons. The van der Waals surface area contributed by atoms with Gasteiger partial charge in [0.15, 0.2) is 0 Å². The SMILES string of the molecule is C1=C[C@@H]2c3ccccc3SC[C@@H]2C(c2ccccc2)=C1. The molecule has 0 aromatic heterocycles. The first-order valence-electron chi connectivity index (χ1n) is 7.09. The van der Waals surface area contributed by atoms with Crippen LogP contribution in [-0.4, -0.2) is 5.75 Å². The van der Waals surface area contributed by atoms with E-state index in [-0.39, 0.29) is 0 Å². The summed E-state index contributed by atoms with van der Waals surface area (Å²) in [4.78, 5) is 1.45. The van der Waals surface area contributed by atoms with Gasteiger partial charge in [-0.05, 0) is 22.8 Å². The maximum atomic E-state index is 2.37. The quantitative estimate of drug-likeness (QED) is 0.694. The number of thioether (sulfide) groups is 1. The van der Waals surface area contributed by atoms with Crippen LogP contribution in [0.5, 0.6) is 0 Å². The second kappa shape index (κ2) is 4.99. The van der Waals surface area contributed by atoms with Crippen molar-refractivity contribution < 1.29 is 0 Å². The Morgan fingerprint density at radius 3 is 2.60 bits per heavy atom. The largest absolute Gasteiger partial charge is 0.125 e. The van der Waals surface area contributed by atoms with Crippen LogP contribution in [0.4, 0.5) is 0 Å². The van der Waals surface area contributed by atoms with Crippen LogP contribution in [-0.2, 0) is 0 Å². The molecule has 0 radical (unpaired) electrons. The highest BCUT2D eigenvalue weighted by Crippen LogP contribution is 2.48.